The van der Waals surface area contributed by atoms with E-state index in [9.17, 15) is 19.5 Å². The first-order valence-electron chi connectivity index (χ1n) is 24.9. The number of para-hydroxylation sites is 1. The molecule has 2 fully saturated rings. The Kier molecular flexibility index (Phi) is 16.2. The minimum atomic E-state index is -1.33. The van der Waals surface area contributed by atoms with Gasteiger partial charge >= 0.3 is 11.7 Å². The van der Waals surface area contributed by atoms with Crippen LogP contribution in [0.4, 0.5) is 5.82 Å². The zero-order valence-corrected chi connectivity index (χ0v) is 43.2. The third-order valence-corrected chi connectivity index (χ3v) is 14.7. The molecule has 0 bridgehead atoms. The number of rotatable bonds is 21. The molecule has 398 valence electrons. The normalized spacial score (nSPS) is 20.3. The number of nitrogens with two attached hydrogens (primary N) is 1. The van der Waals surface area contributed by atoms with Crippen LogP contribution >= 0.6 is 11.8 Å². The Hall–Kier alpha value is -7.69. The molecule has 5 heterocycles. The number of benzene rings is 5. The zero-order valence-electron chi connectivity index (χ0n) is 42.4. The fourth-order valence-corrected chi connectivity index (χ4v) is 10.9. The second-order valence-corrected chi connectivity index (χ2v) is 19.5. The summed E-state index contributed by atoms with van der Waals surface area (Å²) in [6.07, 6.45) is -1.73. The van der Waals surface area contributed by atoms with Gasteiger partial charge in [0.1, 0.15) is 60.3 Å². The van der Waals surface area contributed by atoms with E-state index in [4.69, 9.17) is 43.6 Å². The molecule has 77 heavy (non-hydrogen) atoms. The number of nitrogen functional groups attached to an aromatic ring is 1. The van der Waals surface area contributed by atoms with Crippen LogP contribution in [0.25, 0.3) is 11.2 Å². The number of thioether (sulfide) groups is 1. The van der Waals surface area contributed by atoms with Crippen LogP contribution in [0.2, 0.25) is 0 Å². The Bertz CT molecular complexity index is 3370. The van der Waals surface area contributed by atoms with Gasteiger partial charge in [-0.15, -0.1) is 11.8 Å². The van der Waals surface area contributed by atoms with Crippen molar-refractivity contribution in [2.24, 2.45) is 0 Å². The lowest BCUT2D eigenvalue weighted by Crippen LogP contribution is -2.42. The van der Waals surface area contributed by atoms with Crippen molar-refractivity contribution < 1.29 is 47.8 Å². The van der Waals surface area contributed by atoms with Gasteiger partial charge in [0, 0.05) is 29.5 Å². The van der Waals surface area contributed by atoms with Crippen molar-refractivity contribution in [3.05, 3.63) is 213 Å². The summed E-state index contributed by atoms with van der Waals surface area (Å²) in [7, 11) is 3.15. The van der Waals surface area contributed by atoms with Crippen molar-refractivity contribution >= 4 is 34.7 Å². The fraction of sp³-hybridized carbons (Fsp3) is 0.298. The molecule has 2 aliphatic rings. The average molecular weight is 1060 g/mol. The predicted octanol–water partition coefficient (Wildman–Crippen LogP) is 6.79. The number of aliphatic hydroxyl groups excluding tert-OH is 1. The fourth-order valence-electron chi connectivity index (χ4n) is 9.86. The summed E-state index contributed by atoms with van der Waals surface area (Å²) in [4.78, 5) is 54.0. The standard InChI is InChI=1S/C57H57N7O12S/c1-36-30-62(56(68)64(52(36)66)35-71-31-37-17-8-4-9-18-37)45-29-43(75-54(67)38-19-10-5-11-20-38)55(76-45)77-28-27-72-49-44(74-53(47(49)65)63-34-61-46-50(58)59-33-60-51(46)63)32-73-57(39-21-12-6-13-22-39,40-23-14-7-15-24-40)41-25-16-26-42(69-2)48(41)70-3/h4-26,30,33-34,43-45,47,49,53,55,65H,27-29,31-32,35H2,1-3H3,(H2,58,59,60)/t43?,44-,45?,47-,49-,53-,55?/m1/s1. The quantitative estimate of drug-likeness (QED) is 0.0429. The molecule has 3 aromatic heterocycles. The first-order valence-corrected chi connectivity index (χ1v) is 26.0. The Morgan fingerprint density at radius 1 is 0.831 bits per heavy atom. The number of carbonyl (C=O) groups is 1. The minimum Gasteiger partial charge on any atom is -0.493 e. The highest BCUT2D eigenvalue weighted by Crippen LogP contribution is 2.48. The van der Waals surface area contributed by atoms with E-state index in [1.54, 1.807) is 56.0 Å². The number of imidazole rings is 1. The number of fused-ring (bicyclic) bond motifs is 1. The molecule has 5 aromatic carbocycles. The van der Waals surface area contributed by atoms with Crippen LogP contribution in [0.15, 0.2) is 168 Å². The van der Waals surface area contributed by atoms with E-state index >= 15 is 0 Å². The number of hydrogen-bond donors (Lipinski definition) is 2. The van der Waals surface area contributed by atoms with E-state index in [2.05, 4.69) is 15.0 Å². The van der Waals surface area contributed by atoms with Crippen molar-refractivity contribution in [1.82, 2.24) is 28.7 Å². The lowest BCUT2D eigenvalue weighted by molar-refractivity contribution is -0.102. The summed E-state index contributed by atoms with van der Waals surface area (Å²) in [5, 5.41) is 12.4. The number of methoxy groups -OCH3 is 2. The van der Waals surface area contributed by atoms with E-state index in [0.717, 1.165) is 21.3 Å². The Balaban J connectivity index is 0.929. The first kappa shape index (κ1) is 52.7. The Morgan fingerprint density at radius 2 is 1.52 bits per heavy atom. The maximum atomic E-state index is 14.1. The maximum Gasteiger partial charge on any atom is 0.338 e. The smallest absolute Gasteiger partial charge is 0.338 e. The van der Waals surface area contributed by atoms with Crippen LogP contribution in [-0.4, -0.2) is 103 Å². The van der Waals surface area contributed by atoms with E-state index < -0.39 is 65.1 Å². The third kappa shape index (κ3) is 10.9. The van der Waals surface area contributed by atoms with Gasteiger partial charge < -0.3 is 48.7 Å². The highest BCUT2D eigenvalue weighted by molar-refractivity contribution is 7.99. The van der Waals surface area contributed by atoms with Crippen LogP contribution in [0.5, 0.6) is 11.5 Å². The second kappa shape index (κ2) is 23.7. The summed E-state index contributed by atoms with van der Waals surface area (Å²) in [5.74, 6) is 0.799. The van der Waals surface area contributed by atoms with Crippen LogP contribution in [0.3, 0.4) is 0 Å². The predicted molar refractivity (Wildman–Crippen MR) is 285 cm³/mol. The van der Waals surface area contributed by atoms with Gasteiger partial charge in [-0.25, -0.2) is 29.1 Å². The number of ether oxygens (including phenoxy) is 8. The summed E-state index contributed by atoms with van der Waals surface area (Å²) < 4.78 is 55.1. The van der Waals surface area contributed by atoms with Crippen LogP contribution in [-0.2, 0) is 47.4 Å². The molecule has 10 rings (SSSR count). The molecule has 7 atom stereocenters. The third-order valence-electron chi connectivity index (χ3n) is 13.6. The van der Waals surface area contributed by atoms with E-state index in [-0.39, 0.29) is 44.5 Å². The van der Waals surface area contributed by atoms with E-state index in [1.165, 1.54) is 35.2 Å². The molecule has 0 saturated carbocycles. The van der Waals surface area contributed by atoms with Crippen molar-refractivity contribution in [3.63, 3.8) is 0 Å². The number of esters is 1. The van der Waals surface area contributed by atoms with Gasteiger partial charge in [-0.05, 0) is 41.8 Å². The highest BCUT2D eigenvalue weighted by atomic mass is 32.2. The molecular weight excluding hydrogens is 1010 g/mol. The lowest BCUT2D eigenvalue weighted by Gasteiger charge is -2.38. The van der Waals surface area contributed by atoms with Crippen molar-refractivity contribution in [3.8, 4) is 11.5 Å². The highest BCUT2D eigenvalue weighted by Gasteiger charge is 2.49. The first-order chi connectivity index (χ1) is 37.6. The monoisotopic (exact) mass is 1060 g/mol. The van der Waals surface area contributed by atoms with Gasteiger partial charge in [-0.1, -0.05) is 121 Å². The Labute approximate surface area is 447 Å². The number of carbonyl (C=O) groups excluding carboxylic acids is 1. The van der Waals surface area contributed by atoms with E-state index in [1.807, 2.05) is 109 Å². The van der Waals surface area contributed by atoms with Crippen LogP contribution < -0.4 is 26.5 Å². The molecule has 0 spiro atoms. The van der Waals surface area contributed by atoms with Gasteiger partial charge in [-0.2, -0.15) is 0 Å². The van der Waals surface area contributed by atoms with Gasteiger partial charge in [0.05, 0.1) is 45.9 Å². The van der Waals surface area contributed by atoms with Crippen molar-refractivity contribution in [2.75, 3.05) is 38.9 Å². The molecule has 8 aromatic rings. The van der Waals surface area contributed by atoms with Gasteiger partial charge in [0.2, 0.25) is 0 Å². The number of aliphatic hydroxyl groups is 1. The molecule has 0 amide bonds. The average Bonchev–Trinajstić information content (AvgIpc) is 4.17. The van der Waals surface area contributed by atoms with Crippen molar-refractivity contribution in [2.45, 2.75) is 74.6 Å². The summed E-state index contributed by atoms with van der Waals surface area (Å²) >= 11 is 1.30. The SMILES string of the molecule is COc1cccc(C(OC[C@H]2O[C@@H](n3cnc4c(N)ncnc43)[C@H](O)[C@@H]2OCCSC2OC(n3cc(C)c(=O)n(COCc4ccccc4)c3=O)CC2OC(=O)c2ccccc2)(c2ccccc2)c2ccccc2)c1OC. The molecule has 0 aliphatic carbocycles. The summed E-state index contributed by atoms with van der Waals surface area (Å²) in [6, 6.07) is 43.1. The summed E-state index contributed by atoms with van der Waals surface area (Å²) in [6.45, 7) is 1.41. The number of hydrogen-bond acceptors (Lipinski definition) is 17. The summed E-state index contributed by atoms with van der Waals surface area (Å²) in [5.41, 5.74) is 7.31. The second-order valence-electron chi connectivity index (χ2n) is 18.3. The molecule has 20 heteroatoms. The van der Waals surface area contributed by atoms with Gasteiger partial charge in [0.25, 0.3) is 5.56 Å². The molecule has 3 N–H and O–H groups in total. The lowest BCUT2D eigenvalue weighted by atomic mass is 9.79. The van der Waals surface area contributed by atoms with Gasteiger partial charge in [0.15, 0.2) is 29.2 Å². The zero-order chi connectivity index (χ0) is 53.5. The largest absolute Gasteiger partial charge is 0.493 e. The van der Waals surface area contributed by atoms with Crippen molar-refractivity contribution in [1.29, 1.82) is 0 Å². The maximum absolute atomic E-state index is 14.1. The number of anilines is 1. The number of aryl methyl sites for hydroxylation is 1. The number of aromatic nitrogens is 6. The molecule has 0 radical (unpaired) electrons. The van der Waals surface area contributed by atoms with Gasteiger partial charge in [-0.3, -0.25) is 13.9 Å². The minimum absolute atomic E-state index is 0.0392. The number of nitrogens with zero attached hydrogens (tertiary/aromatic N) is 6. The topological polar surface area (TPSA) is 225 Å². The molecule has 2 aliphatic heterocycles. The molecular formula is C57H57N7O12S. The van der Waals surface area contributed by atoms with E-state index in [0.29, 0.717) is 39.4 Å². The molecule has 19 nitrogen and oxygen atoms in total. The molecule has 3 unspecified atom stereocenters. The van der Waals surface area contributed by atoms with Crippen LogP contribution in [0.1, 0.15) is 57.1 Å². The molecule has 2 saturated heterocycles. The Morgan fingerprint density at radius 3 is 2.21 bits per heavy atom. The van der Waals surface area contributed by atoms with Crippen LogP contribution in [0, 0.1) is 6.92 Å².